The van der Waals surface area contributed by atoms with Crippen LogP contribution >= 0.6 is 0 Å². The van der Waals surface area contributed by atoms with Crippen molar-refractivity contribution in [1.29, 1.82) is 0 Å². The normalized spacial score (nSPS) is 18.8. The summed E-state index contributed by atoms with van der Waals surface area (Å²) in [5.74, 6) is 1.24. The molecule has 2 aliphatic rings. The second-order valence-corrected chi connectivity index (χ2v) is 9.64. The number of piperidine rings is 1. The van der Waals surface area contributed by atoms with Gasteiger partial charge in [-0.1, -0.05) is 42.5 Å². The number of fused-ring (bicyclic) bond motifs is 1. The fourth-order valence-corrected chi connectivity index (χ4v) is 5.44. The van der Waals surface area contributed by atoms with Crippen molar-refractivity contribution in [2.45, 2.75) is 17.7 Å². The van der Waals surface area contributed by atoms with Crippen LogP contribution in [0.15, 0.2) is 88.2 Å². The molecule has 2 heterocycles. The Kier molecular flexibility index (Phi) is 5.60. The summed E-state index contributed by atoms with van der Waals surface area (Å²) in [5, 5.41) is 3.00. The third kappa shape index (κ3) is 4.34. The Morgan fingerprint density at radius 3 is 2.55 bits per heavy atom. The lowest BCUT2D eigenvalue weighted by molar-refractivity contribution is -0.121. The van der Waals surface area contributed by atoms with Crippen molar-refractivity contribution in [1.82, 2.24) is 4.90 Å². The molecule has 1 saturated heterocycles. The summed E-state index contributed by atoms with van der Waals surface area (Å²) in [7, 11) is -3.70. The Morgan fingerprint density at radius 1 is 0.970 bits per heavy atom. The second kappa shape index (κ2) is 8.71. The van der Waals surface area contributed by atoms with Gasteiger partial charge in [0.05, 0.1) is 11.6 Å². The van der Waals surface area contributed by atoms with E-state index in [0.29, 0.717) is 48.1 Å². The van der Waals surface area contributed by atoms with Crippen molar-refractivity contribution < 1.29 is 17.9 Å². The molecule has 0 spiro atoms. The molecule has 7 nitrogen and oxygen atoms in total. The number of anilines is 1. The molecule has 0 aliphatic carbocycles. The van der Waals surface area contributed by atoms with Crippen LogP contribution in [0, 0.1) is 5.92 Å². The highest BCUT2D eigenvalue weighted by Crippen LogP contribution is 2.32. The van der Waals surface area contributed by atoms with Gasteiger partial charge in [0.25, 0.3) is 10.0 Å². The van der Waals surface area contributed by atoms with Crippen molar-refractivity contribution in [3.63, 3.8) is 0 Å². The number of hydrogen-bond donors (Lipinski definition) is 1. The Bertz CT molecular complexity index is 1320. The molecule has 168 valence electrons. The molecule has 0 radical (unpaired) electrons. The number of sulfonamides is 1. The van der Waals surface area contributed by atoms with E-state index in [-0.39, 0.29) is 16.7 Å². The summed E-state index contributed by atoms with van der Waals surface area (Å²) in [5.41, 5.74) is 1.19. The van der Waals surface area contributed by atoms with Gasteiger partial charge in [-0.3, -0.25) is 4.79 Å². The Labute approximate surface area is 192 Å². The summed E-state index contributed by atoms with van der Waals surface area (Å²) in [4.78, 5) is 15.3. The van der Waals surface area contributed by atoms with Crippen LogP contribution in [0.25, 0.3) is 0 Å². The molecular weight excluding hydrogens is 438 g/mol. The molecule has 8 heteroatoms. The maximum Gasteiger partial charge on any atom is 0.285 e. The van der Waals surface area contributed by atoms with Crippen molar-refractivity contribution in [3.05, 3.63) is 84.4 Å². The van der Waals surface area contributed by atoms with E-state index in [0.717, 1.165) is 6.42 Å². The molecular formula is C25H23N3O4S. The third-order valence-corrected chi connectivity index (χ3v) is 7.15. The average Bonchev–Trinajstić information content (AvgIpc) is 3.12. The minimum atomic E-state index is -3.70. The molecule has 5 rings (SSSR count). The molecule has 0 aromatic heterocycles. The fourth-order valence-electron chi connectivity index (χ4n) is 4.21. The molecule has 1 amide bonds. The van der Waals surface area contributed by atoms with E-state index in [9.17, 15) is 13.2 Å². The first-order valence-electron chi connectivity index (χ1n) is 10.8. The minimum absolute atomic E-state index is 0.126. The van der Waals surface area contributed by atoms with Gasteiger partial charge in [-0.25, -0.2) is 0 Å². The molecule has 1 fully saturated rings. The lowest BCUT2D eigenvalue weighted by atomic mass is 9.96. The van der Waals surface area contributed by atoms with Crippen molar-refractivity contribution in [3.8, 4) is 11.5 Å². The van der Waals surface area contributed by atoms with Gasteiger partial charge in [-0.15, -0.1) is 4.40 Å². The number of likely N-dealkylation sites (tertiary alicyclic amines) is 1. The van der Waals surface area contributed by atoms with Crippen LogP contribution in [-0.2, 0) is 14.8 Å². The predicted octanol–water partition coefficient (Wildman–Crippen LogP) is 4.28. The van der Waals surface area contributed by atoms with Crippen LogP contribution in [0.1, 0.15) is 18.4 Å². The topological polar surface area (TPSA) is 88.1 Å². The van der Waals surface area contributed by atoms with Crippen LogP contribution in [0.2, 0.25) is 0 Å². The quantitative estimate of drug-likeness (QED) is 0.627. The van der Waals surface area contributed by atoms with Gasteiger partial charge < -0.3 is 15.0 Å². The summed E-state index contributed by atoms with van der Waals surface area (Å²) < 4.78 is 34.9. The first kappa shape index (κ1) is 21.2. The summed E-state index contributed by atoms with van der Waals surface area (Å²) in [6, 6.07) is 23.5. The Hall–Kier alpha value is -3.65. The number of amides is 1. The van der Waals surface area contributed by atoms with E-state index in [2.05, 4.69) is 9.71 Å². The predicted molar refractivity (Wildman–Crippen MR) is 126 cm³/mol. The number of hydrogen-bond acceptors (Lipinski definition) is 5. The van der Waals surface area contributed by atoms with E-state index in [1.54, 1.807) is 30.3 Å². The largest absolute Gasteiger partial charge is 0.455 e. The highest BCUT2D eigenvalue weighted by molar-refractivity contribution is 7.90. The van der Waals surface area contributed by atoms with Gasteiger partial charge in [-0.05, 0) is 49.2 Å². The van der Waals surface area contributed by atoms with Crippen molar-refractivity contribution in [2.75, 3.05) is 18.4 Å². The summed E-state index contributed by atoms with van der Waals surface area (Å²) in [6.07, 6.45) is 1.48. The number of carbonyl (C=O) groups is 1. The zero-order valence-corrected chi connectivity index (χ0v) is 18.7. The van der Waals surface area contributed by atoms with Gasteiger partial charge in [-0.2, -0.15) is 8.42 Å². The molecule has 0 bridgehead atoms. The SMILES string of the molecule is O=C(Nc1ccccc1Oc1ccccc1)[C@H]1CCCN(C2=NS(=O)(=O)c3ccccc32)C1. The second-order valence-electron chi connectivity index (χ2n) is 8.07. The molecule has 0 saturated carbocycles. The maximum absolute atomic E-state index is 13.2. The van der Waals surface area contributed by atoms with Crippen LogP contribution in [0.3, 0.4) is 0 Å². The van der Waals surface area contributed by atoms with Crippen LogP contribution < -0.4 is 10.1 Å². The zero-order chi connectivity index (χ0) is 22.8. The molecule has 0 unspecified atom stereocenters. The van der Waals surface area contributed by atoms with Crippen molar-refractivity contribution in [2.24, 2.45) is 10.3 Å². The smallest absolute Gasteiger partial charge is 0.285 e. The highest BCUT2D eigenvalue weighted by atomic mass is 32.2. The van der Waals surface area contributed by atoms with E-state index < -0.39 is 10.0 Å². The highest BCUT2D eigenvalue weighted by Gasteiger charge is 2.35. The monoisotopic (exact) mass is 461 g/mol. The molecule has 2 aliphatic heterocycles. The van der Waals surface area contributed by atoms with E-state index in [4.69, 9.17) is 4.74 Å². The molecule has 33 heavy (non-hydrogen) atoms. The number of rotatable bonds is 4. The number of amidine groups is 1. The van der Waals surface area contributed by atoms with Gasteiger partial charge in [0.2, 0.25) is 5.91 Å². The minimum Gasteiger partial charge on any atom is -0.455 e. The number of ether oxygens (including phenoxy) is 1. The van der Waals surface area contributed by atoms with Crippen LogP contribution in [0.5, 0.6) is 11.5 Å². The number of benzene rings is 3. The average molecular weight is 462 g/mol. The van der Waals surface area contributed by atoms with Gasteiger partial charge >= 0.3 is 0 Å². The molecule has 3 aromatic rings. The number of carbonyl (C=O) groups excluding carboxylic acids is 1. The van der Waals surface area contributed by atoms with E-state index in [1.165, 1.54) is 0 Å². The fraction of sp³-hybridized carbons (Fsp3) is 0.200. The van der Waals surface area contributed by atoms with E-state index >= 15 is 0 Å². The third-order valence-electron chi connectivity index (χ3n) is 5.82. The lowest BCUT2D eigenvalue weighted by Crippen LogP contribution is -2.43. The number of nitrogens with zero attached hydrogens (tertiary/aromatic N) is 2. The standard InChI is InChI=1S/C25H23N3O4S/c29-25(26-21-13-5-6-14-22(21)32-19-10-2-1-3-11-19)18-9-8-16-28(17-18)24-20-12-4-7-15-23(20)33(30,31)27-24/h1-7,10-15,18H,8-9,16-17H2,(H,26,29)/t18-/m0/s1. The summed E-state index contributed by atoms with van der Waals surface area (Å²) in [6.45, 7) is 1.05. The first-order chi connectivity index (χ1) is 16.0. The maximum atomic E-state index is 13.2. The number of nitrogens with one attached hydrogen (secondary N) is 1. The summed E-state index contributed by atoms with van der Waals surface area (Å²) >= 11 is 0. The zero-order valence-electron chi connectivity index (χ0n) is 17.8. The Morgan fingerprint density at radius 2 is 1.70 bits per heavy atom. The van der Waals surface area contributed by atoms with Gasteiger partial charge in [0, 0.05) is 18.7 Å². The molecule has 1 atom stereocenters. The van der Waals surface area contributed by atoms with Crippen molar-refractivity contribution >= 4 is 27.5 Å². The Balaban J connectivity index is 1.32. The number of para-hydroxylation sites is 3. The first-order valence-corrected chi connectivity index (χ1v) is 12.3. The van der Waals surface area contributed by atoms with E-state index in [1.807, 2.05) is 53.4 Å². The van der Waals surface area contributed by atoms with Crippen LogP contribution in [-0.4, -0.2) is 38.2 Å². The van der Waals surface area contributed by atoms with Crippen LogP contribution in [0.4, 0.5) is 5.69 Å². The van der Waals surface area contributed by atoms with Gasteiger partial charge in [0.15, 0.2) is 11.6 Å². The van der Waals surface area contributed by atoms with Gasteiger partial charge in [0.1, 0.15) is 10.6 Å². The molecule has 3 aromatic carbocycles. The molecule has 1 N–H and O–H groups in total. The lowest BCUT2D eigenvalue weighted by Gasteiger charge is -2.33.